The van der Waals surface area contributed by atoms with Crippen LogP contribution in [-0.4, -0.2) is 16.2 Å². The van der Waals surface area contributed by atoms with Crippen LogP contribution in [0.15, 0.2) is 28.2 Å². The minimum absolute atomic E-state index is 0.105. The first-order valence-electron chi connectivity index (χ1n) is 5.41. The second-order valence-electron chi connectivity index (χ2n) is 3.87. The standard InChI is InChI=1S/C13H10FN3OS/c1-7-3-4-8(14)5-9(7)11-10(6-15)12(18)17-13(16-11)19-2/h3-5H,1-2H3,(H,16,17,18). The molecule has 0 saturated carbocycles. The smallest absolute Gasteiger partial charge is 0.270 e. The summed E-state index contributed by atoms with van der Waals surface area (Å²) < 4.78 is 13.3. The summed E-state index contributed by atoms with van der Waals surface area (Å²) in [7, 11) is 0. The molecule has 0 radical (unpaired) electrons. The number of nitriles is 1. The fourth-order valence-electron chi connectivity index (χ4n) is 1.70. The Labute approximate surface area is 113 Å². The normalized spacial score (nSPS) is 10.2. The number of halogens is 1. The van der Waals surface area contributed by atoms with Crippen LogP contribution in [0.2, 0.25) is 0 Å². The van der Waals surface area contributed by atoms with Crippen molar-refractivity contribution < 1.29 is 4.39 Å². The first-order valence-corrected chi connectivity index (χ1v) is 6.64. The van der Waals surface area contributed by atoms with Crippen LogP contribution in [0, 0.1) is 24.1 Å². The lowest BCUT2D eigenvalue weighted by atomic mass is 10.0. The molecule has 1 aromatic carbocycles. The molecule has 0 fully saturated rings. The molecular weight excluding hydrogens is 265 g/mol. The lowest BCUT2D eigenvalue weighted by Crippen LogP contribution is -2.15. The van der Waals surface area contributed by atoms with Crippen molar-refractivity contribution in [1.29, 1.82) is 5.26 Å². The topological polar surface area (TPSA) is 69.5 Å². The van der Waals surface area contributed by atoms with Gasteiger partial charge in [0.2, 0.25) is 0 Å². The number of aromatic nitrogens is 2. The third-order valence-corrected chi connectivity index (χ3v) is 3.24. The van der Waals surface area contributed by atoms with Gasteiger partial charge in [-0.05, 0) is 30.9 Å². The Morgan fingerprint density at radius 3 is 2.84 bits per heavy atom. The van der Waals surface area contributed by atoms with Gasteiger partial charge in [-0.15, -0.1) is 0 Å². The van der Waals surface area contributed by atoms with Gasteiger partial charge >= 0.3 is 0 Å². The molecular formula is C13H10FN3OS. The maximum atomic E-state index is 13.3. The highest BCUT2D eigenvalue weighted by atomic mass is 32.2. The van der Waals surface area contributed by atoms with Gasteiger partial charge in [0.25, 0.3) is 5.56 Å². The summed E-state index contributed by atoms with van der Waals surface area (Å²) in [5.74, 6) is -0.433. The monoisotopic (exact) mass is 275 g/mol. The highest BCUT2D eigenvalue weighted by Crippen LogP contribution is 2.25. The zero-order valence-corrected chi connectivity index (χ0v) is 11.1. The van der Waals surface area contributed by atoms with E-state index in [-0.39, 0.29) is 11.3 Å². The average Bonchev–Trinajstić information content (AvgIpc) is 2.40. The zero-order chi connectivity index (χ0) is 14.0. The number of thioether (sulfide) groups is 1. The van der Waals surface area contributed by atoms with Crippen molar-refractivity contribution in [1.82, 2.24) is 9.97 Å². The van der Waals surface area contributed by atoms with Crippen molar-refractivity contribution in [3.8, 4) is 17.3 Å². The summed E-state index contributed by atoms with van der Waals surface area (Å²) in [4.78, 5) is 18.5. The van der Waals surface area contributed by atoms with Crippen LogP contribution < -0.4 is 5.56 Å². The van der Waals surface area contributed by atoms with E-state index < -0.39 is 11.4 Å². The molecule has 0 aliphatic rings. The minimum Gasteiger partial charge on any atom is -0.300 e. The molecule has 1 N–H and O–H groups in total. The summed E-state index contributed by atoms with van der Waals surface area (Å²) in [6.07, 6.45) is 1.76. The first kappa shape index (κ1) is 13.3. The lowest BCUT2D eigenvalue weighted by Gasteiger charge is -2.08. The van der Waals surface area contributed by atoms with Gasteiger partial charge in [-0.3, -0.25) is 4.79 Å². The van der Waals surface area contributed by atoms with E-state index in [9.17, 15) is 9.18 Å². The third-order valence-electron chi connectivity index (χ3n) is 2.66. The maximum absolute atomic E-state index is 13.3. The average molecular weight is 275 g/mol. The lowest BCUT2D eigenvalue weighted by molar-refractivity contribution is 0.628. The summed E-state index contributed by atoms with van der Waals surface area (Å²) in [5, 5.41) is 9.47. The Kier molecular flexibility index (Phi) is 3.67. The van der Waals surface area contributed by atoms with Crippen LogP contribution in [0.1, 0.15) is 11.1 Å². The maximum Gasteiger partial charge on any atom is 0.270 e. The van der Waals surface area contributed by atoms with Gasteiger partial charge in [0, 0.05) is 5.56 Å². The molecule has 0 bridgehead atoms. The molecule has 19 heavy (non-hydrogen) atoms. The molecule has 0 aliphatic carbocycles. The second-order valence-corrected chi connectivity index (χ2v) is 4.66. The molecule has 4 nitrogen and oxygen atoms in total. The molecule has 1 aromatic heterocycles. The molecule has 2 rings (SSSR count). The first-order chi connectivity index (χ1) is 9.06. The Bertz CT molecular complexity index is 734. The van der Waals surface area contributed by atoms with Crippen LogP contribution in [0.25, 0.3) is 11.3 Å². The van der Waals surface area contributed by atoms with Crippen molar-refractivity contribution in [3.05, 3.63) is 45.5 Å². The molecule has 0 atom stereocenters. The van der Waals surface area contributed by atoms with Gasteiger partial charge in [-0.25, -0.2) is 9.37 Å². The van der Waals surface area contributed by atoms with Crippen molar-refractivity contribution in [2.75, 3.05) is 6.26 Å². The molecule has 1 heterocycles. The number of hydrogen-bond donors (Lipinski definition) is 1. The predicted octanol–water partition coefficient (Wildman–Crippen LogP) is 2.48. The third kappa shape index (κ3) is 2.51. The van der Waals surface area contributed by atoms with Crippen LogP contribution in [0.3, 0.4) is 0 Å². The Morgan fingerprint density at radius 2 is 2.21 bits per heavy atom. The SMILES string of the molecule is CSc1nc(-c2cc(F)ccc2C)c(C#N)c(=O)[nH]1. The highest BCUT2D eigenvalue weighted by Gasteiger charge is 2.15. The van der Waals surface area contributed by atoms with E-state index in [4.69, 9.17) is 5.26 Å². The summed E-state index contributed by atoms with van der Waals surface area (Å²) in [6.45, 7) is 1.78. The minimum atomic E-state index is -0.513. The van der Waals surface area contributed by atoms with E-state index in [0.29, 0.717) is 10.7 Å². The zero-order valence-electron chi connectivity index (χ0n) is 10.3. The number of aromatic amines is 1. The highest BCUT2D eigenvalue weighted by molar-refractivity contribution is 7.98. The number of aryl methyl sites for hydroxylation is 1. The number of nitrogens with zero attached hydrogens (tertiary/aromatic N) is 2. The van der Waals surface area contributed by atoms with Gasteiger partial charge in [0.1, 0.15) is 17.4 Å². The molecule has 6 heteroatoms. The van der Waals surface area contributed by atoms with Crippen LogP contribution in [0.5, 0.6) is 0 Å². The van der Waals surface area contributed by atoms with Crippen molar-refractivity contribution in [2.45, 2.75) is 12.1 Å². The van der Waals surface area contributed by atoms with Crippen LogP contribution in [-0.2, 0) is 0 Å². The van der Waals surface area contributed by atoms with Crippen molar-refractivity contribution in [3.63, 3.8) is 0 Å². The quantitative estimate of drug-likeness (QED) is 0.675. The van der Waals surface area contributed by atoms with Gasteiger partial charge in [0.15, 0.2) is 5.16 Å². The van der Waals surface area contributed by atoms with E-state index in [0.717, 1.165) is 5.56 Å². The Hall–Kier alpha value is -2.13. The summed E-state index contributed by atoms with van der Waals surface area (Å²) in [6, 6.07) is 6.02. The number of hydrogen-bond acceptors (Lipinski definition) is 4. The fraction of sp³-hybridized carbons (Fsp3) is 0.154. The van der Waals surface area contributed by atoms with Crippen LogP contribution >= 0.6 is 11.8 Å². The Morgan fingerprint density at radius 1 is 1.47 bits per heavy atom. The molecule has 0 unspecified atom stereocenters. The molecule has 2 aromatic rings. The summed E-state index contributed by atoms with van der Waals surface area (Å²) in [5.41, 5.74) is 0.806. The fourth-order valence-corrected chi connectivity index (χ4v) is 2.07. The molecule has 96 valence electrons. The number of rotatable bonds is 2. The van der Waals surface area contributed by atoms with E-state index in [1.54, 1.807) is 19.2 Å². The van der Waals surface area contributed by atoms with E-state index in [2.05, 4.69) is 9.97 Å². The van der Waals surface area contributed by atoms with Crippen molar-refractivity contribution in [2.24, 2.45) is 0 Å². The summed E-state index contributed by atoms with van der Waals surface area (Å²) >= 11 is 1.25. The molecule has 0 amide bonds. The molecule has 0 aliphatic heterocycles. The van der Waals surface area contributed by atoms with Gasteiger partial charge in [-0.2, -0.15) is 5.26 Å². The van der Waals surface area contributed by atoms with E-state index >= 15 is 0 Å². The van der Waals surface area contributed by atoms with Gasteiger partial charge in [0.05, 0.1) is 5.69 Å². The number of nitrogens with one attached hydrogen (secondary N) is 1. The van der Waals surface area contributed by atoms with Crippen LogP contribution in [0.4, 0.5) is 4.39 Å². The largest absolute Gasteiger partial charge is 0.300 e. The van der Waals surface area contributed by atoms with Crippen molar-refractivity contribution >= 4 is 11.8 Å². The predicted molar refractivity (Wildman–Crippen MR) is 71.5 cm³/mol. The Balaban J connectivity index is 2.81. The van der Waals surface area contributed by atoms with E-state index in [1.807, 2.05) is 6.07 Å². The van der Waals surface area contributed by atoms with E-state index in [1.165, 1.54) is 23.9 Å². The number of benzene rings is 1. The van der Waals surface area contributed by atoms with Gasteiger partial charge in [-0.1, -0.05) is 17.8 Å². The number of H-pyrrole nitrogens is 1. The second kappa shape index (κ2) is 5.24. The molecule has 0 saturated heterocycles. The van der Waals surface area contributed by atoms with Gasteiger partial charge < -0.3 is 4.98 Å². The molecule has 0 spiro atoms.